The quantitative estimate of drug-likeness (QED) is 0.748. The van der Waals surface area contributed by atoms with Gasteiger partial charge in [0.1, 0.15) is 5.82 Å². The van der Waals surface area contributed by atoms with Crippen molar-refractivity contribution in [2.75, 3.05) is 30.4 Å². The van der Waals surface area contributed by atoms with E-state index in [1.54, 1.807) is 19.4 Å². The summed E-state index contributed by atoms with van der Waals surface area (Å²) in [7, 11) is 1.66. The number of halogens is 1. The van der Waals surface area contributed by atoms with E-state index >= 15 is 0 Å². The van der Waals surface area contributed by atoms with Crippen LogP contribution in [-0.2, 0) is 6.54 Å². The van der Waals surface area contributed by atoms with Crippen molar-refractivity contribution < 1.29 is 4.39 Å². The number of nitrogens with zero attached hydrogens (tertiary/aromatic N) is 6. The Labute approximate surface area is 157 Å². The van der Waals surface area contributed by atoms with Crippen LogP contribution in [0.4, 0.5) is 16.2 Å². The molecule has 27 heavy (non-hydrogen) atoms. The minimum Gasteiger partial charge on any atom is -0.371 e. The minimum atomic E-state index is -0.442. The van der Waals surface area contributed by atoms with E-state index in [4.69, 9.17) is 0 Å². The molecule has 1 saturated heterocycles. The fraction of sp³-hybridized carbons (Fsp3) is 0.368. The molecular formula is C19H22FN7. The van der Waals surface area contributed by atoms with Gasteiger partial charge in [0.05, 0.1) is 6.20 Å². The number of nitrogens with one attached hydrogen (secondary N) is 1. The summed E-state index contributed by atoms with van der Waals surface area (Å²) in [5.74, 6) is 1.68. The van der Waals surface area contributed by atoms with Gasteiger partial charge in [0.2, 0.25) is 5.95 Å². The largest absolute Gasteiger partial charge is 0.371 e. The number of hydrogen-bond donors (Lipinski definition) is 1. The van der Waals surface area contributed by atoms with Gasteiger partial charge in [-0.05, 0) is 30.5 Å². The van der Waals surface area contributed by atoms with Crippen LogP contribution >= 0.6 is 0 Å². The van der Waals surface area contributed by atoms with Gasteiger partial charge in [-0.25, -0.2) is 14.4 Å². The van der Waals surface area contributed by atoms with E-state index < -0.39 is 5.82 Å². The minimum absolute atomic E-state index is 0.223. The van der Waals surface area contributed by atoms with E-state index in [-0.39, 0.29) is 11.7 Å². The van der Waals surface area contributed by atoms with Gasteiger partial charge in [-0.2, -0.15) is 4.98 Å². The highest BCUT2D eigenvalue weighted by molar-refractivity contribution is 5.42. The molecule has 0 radical (unpaired) electrons. The van der Waals surface area contributed by atoms with Gasteiger partial charge in [0, 0.05) is 57.4 Å². The monoisotopic (exact) mass is 367 g/mol. The van der Waals surface area contributed by atoms with Crippen LogP contribution in [-0.4, -0.2) is 44.6 Å². The highest BCUT2D eigenvalue weighted by Gasteiger charge is 2.26. The first-order chi connectivity index (χ1) is 13.2. The second-order valence-electron chi connectivity index (χ2n) is 6.67. The second kappa shape index (κ2) is 7.69. The number of aromatic nitrogens is 5. The molecule has 0 spiro atoms. The Kier molecular flexibility index (Phi) is 4.95. The summed E-state index contributed by atoms with van der Waals surface area (Å²) < 4.78 is 15.9. The van der Waals surface area contributed by atoms with Gasteiger partial charge in [-0.3, -0.25) is 4.98 Å². The van der Waals surface area contributed by atoms with Crippen molar-refractivity contribution in [1.82, 2.24) is 24.5 Å². The number of piperidine rings is 1. The summed E-state index contributed by atoms with van der Waals surface area (Å²) in [5, 5.41) is 2.78. The maximum absolute atomic E-state index is 13.7. The van der Waals surface area contributed by atoms with E-state index in [2.05, 4.69) is 34.7 Å². The third kappa shape index (κ3) is 3.74. The lowest BCUT2D eigenvalue weighted by Crippen LogP contribution is -2.36. The van der Waals surface area contributed by atoms with Crippen molar-refractivity contribution in [3.63, 3.8) is 0 Å². The molecule has 1 atom stereocenters. The van der Waals surface area contributed by atoms with Crippen LogP contribution in [0.25, 0.3) is 0 Å². The first-order valence-corrected chi connectivity index (χ1v) is 9.10. The van der Waals surface area contributed by atoms with Crippen molar-refractivity contribution in [2.45, 2.75) is 25.3 Å². The summed E-state index contributed by atoms with van der Waals surface area (Å²) in [6.45, 7) is 2.39. The standard InChI is InChI=1S/C19H22FN7/c1-21-17-16(20)11-24-19(25-17)27-9-2-3-15(13-27)18-23-8-10-26(18)12-14-4-6-22-7-5-14/h4-8,10-11,15H,2-3,9,12-13H2,1H3,(H,21,24,25). The normalized spacial score (nSPS) is 17.1. The SMILES string of the molecule is CNc1nc(N2CCCC(c3nccn3Cc3ccncc3)C2)ncc1F. The summed E-state index contributed by atoms with van der Waals surface area (Å²) in [6, 6.07) is 4.03. The van der Waals surface area contributed by atoms with Crippen LogP contribution in [0.5, 0.6) is 0 Å². The maximum Gasteiger partial charge on any atom is 0.227 e. The average Bonchev–Trinajstić information content (AvgIpc) is 3.17. The van der Waals surface area contributed by atoms with Crippen molar-refractivity contribution in [3.8, 4) is 0 Å². The van der Waals surface area contributed by atoms with Gasteiger partial charge in [0.15, 0.2) is 11.6 Å². The molecule has 0 aliphatic carbocycles. The van der Waals surface area contributed by atoms with Gasteiger partial charge < -0.3 is 14.8 Å². The van der Waals surface area contributed by atoms with Crippen LogP contribution in [0.1, 0.15) is 30.1 Å². The van der Waals surface area contributed by atoms with Crippen LogP contribution < -0.4 is 10.2 Å². The Morgan fingerprint density at radius 3 is 2.89 bits per heavy atom. The third-order valence-electron chi connectivity index (χ3n) is 4.89. The predicted octanol–water partition coefficient (Wildman–Crippen LogP) is 2.68. The predicted molar refractivity (Wildman–Crippen MR) is 101 cm³/mol. The lowest BCUT2D eigenvalue weighted by molar-refractivity contribution is 0.470. The molecule has 4 rings (SSSR count). The Morgan fingerprint density at radius 1 is 1.22 bits per heavy atom. The first kappa shape index (κ1) is 17.4. The molecule has 3 aromatic heterocycles. The molecule has 140 valence electrons. The lowest BCUT2D eigenvalue weighted by atomic mass is 9.97. The zero-order chi connectivity index (χ0) is 18.6. The topological polar surface area (TPSA) is 71.8 Å². The zero-order valence-corrected chi connectivity index (χ0v) is 15.2. The molecule has 1 aliphatic heterocycles. The second-order valence-corrected chi connectivity index (χ2v) is 6.67. The van der Waals surface area contributed by atoms with Crippen molar-refractivity contribution in [2.24, 2.45) is 0 Å². The van der Waals surface area contributed by atoms with E-state index in [0.29, 0.717) is 5.95 Å². The number of hydrogen-bond acceptors (Lipinski definition) is 6. The molecule has 1 aliphatic rings. The molecule has 7 nitrogen and oxygen atoms in total. The smallest absolute Gasteiger partial charge is 0.227 e. The van der Waals surface area contributed by atoms with Crippen LogP contribution in [0.2, 0.25) is 0 Å². The number of rotatable bonds is 5. The summed E-state index contributed by atoms with van der Waals surface area (Å²) >= 11 is 0. The molecule has 0 saturated carbocycles. The van der Waals surface area contributed by atoms with Crippen LogP contribution in [0.15, 0.2) is 43.1 Å². The fourth-order valence-corrected chi connectivity index (χ4v) is 3.55. The van der Waals surface area contributed by atoms with E-state index in [1.165, 1.54) is 11.8 Å². The third-order valence-corrected chi connectivity index (χ3v) is 4.89. The molecule has 1 unspecified atom stereocenters. The lowest BCUT2D eigenvalue weighted by Gasteiger charge is -2.32. The molecule has 8 heteroatoms. The maximum atomic E-state index is 13.7. The molecule has 3 aromatic rings. The average molecular weight is 367 g/mol. The van der Waals surface area contributed by atoms with Crippen molar-refractivity contribution >= 4 is 11.8 Å². The zero-order valence-electron chi connectivity index (χ0n) is 15.2. The molecule has 1 fully saturated rings. The van der Waals surface area contributed by atoms with E-state index in [0.717, 1.165) is 38.3 Å². The Balaban J connectivity index is 1.53. The van der Waals surface area contributed by atoms with Crippen LogP contribution in [0, 0.1) is 5.82 Å². The molecule has 0 aromatic carbocycles. The first-order valence-electron chi connectivity index (χ1n) is 9.10. The summed E-state index contributed by atoms with van der Waals surface area (Å²) in [6.07, 6.45) is 10.8. The van der Waals surface area contributed by atoms with Crippen molar-refractivity contribution in [1.29, 1.82) is 0 Å². The molecular weight excluding hydrogens is 345 g/mol. The molecule has 4 heterocycles. The van der Waals surface area contributed by atoms with Crippen LogP contribution in [0.3, 0.4) is 0 Å². The fourth-order valence-electron chi connectivity index (χ4n) is 3.55. The van der Waals surface area contributed by atoms with Gasteiger partial charge in [-0.1, -0.05) is 0 Å². The number of pyridine rings is 1. The summed E-state index contributed by atoms with van der Waals surface area (Å²) in [5.41, 5.74) is 1.19. The van der Waals surface area contributed by atoms with E-state index in [1.807, 2.05) is 24.5 Å². The Hall–Kier alpha value is -3.03. The van der Waals surface area contributed by atoms with Gasteiger partial charge in [0.25, 0.3) is 0 Å². The highest BCUT2D eigenvalue weighted by atomic mass is 19.1. The number of anilines is 2. The Morgan fingerprint density at radius 2 is 2.07 bits per heavy atom. The molecule has 0 bridgehead atoms. The summed E-state index contributed by atoms with van der Waals surface area (Å²) in [4.78, 5) is 19.3. The van der Waals surface area contributed by atoms with Crippen molar-refractivity contribution in [3.05, 3.63) is 60.3 Å². The highest BCUT2D eigenvalue weighted by Crippen LogP contribution is 2.28. The van der Waals surface area contributed by atoms with Gasteiger partial charge >= 0.3 is 0 Å². The van der Waals surface area contributed by atoms with E-state index in [9.17, 15) is 4.39 Å². The Bertz CT molecular complexity index is 896. The molecule has 0 amide bonds. The number of imidazole rings is 1. The van der Waals surface area contributed by atoms with Gasteiger partial charge in [-0.15, -0.1) is 0 Å². The molecule has 1 N–H and O–H groups in total.